The van der Waals surface area contributed by atoms with Crippen molar-refractivity contribution in [3.63, 3.8) is 0 Å². The molecule has 33 heavy (non-hydrogen) atoms. The van der Waals surface area contributed by atoms with Crippen LogP contribution >= 0.6 is 0 Å². The SMILES string of the molecule is O=C(COC(=O)c1ccc(S(=O)(=O)NC2CC2)o1)Nc1cccc(S(=O)(=O)N2CCCC2)c1. The Bertz CT molecular complexity index is 1260. The zero-order valence-corrected chi connectivity index (χ0v) is 19.2. The number of benzene rings is 1. The van der Waals surface area contributed by atoms with Gasteiger partial charge in [-0.1, -0.05) is 6.07 Å². The number of nitrogens with one attached hydrogen (secondary N) is 2. The Morgan fingerprint density at radius 1 is 1.06 bits per heavy atom. The number of nitrogens with zero attached hydrogens (tertiary/aromatic N) is 1. The molecule has 0 unspecified atom stereocenters. The van der Waals surface area contributed by atoms with E-state index in [0.29, 0.717) is 13.1 Å². The van der Waals surface area contributed by atoms with Crippen LogP contribution < -0.4 is 10.0 Å². The fourth-order valence-corrected chi connectivity index (χ4v) is 6.06. The van der Waals surface area contributed by atoms with Crippen LogP contribution in [0.1, 0.15) is 36.2 Å². The number of anilines is 1. The summed E-state index contributed by atoms with van der Waals surface area (Å²) >= 11 is 0. The summed E-state index contributed by atoms with van der Waals surface area (Å²) in [7, 11) is -7.50. The van der Waals surface area contributed by atoms with E-state index in [1.54, 1.807) is 0 Å². The van der Waals surface area contributed by atoms with Crippen LogP contribution in [-0.2, 0) is 29.6 Å². The van der Waals surface area contributed by atoms with Crippen molar-refractivity contribution in [3.05, 3.63) is 42.2 Å². The normalized spacial score (nSPS) is 17.1. The van der Waals surface area contributed by atoms with Gasteiger partial charge in [0.05, 0.1) is 4.90 Å². The molecule has 2 aromatic rings. The molecule has 1 saturated heterocycles. The van der Waals surface area contributed by atoms with Gasteiger partial charge in [-0.15, -0.1) is 0 Å². The lowest BCUT2D eigenvalue weighted by Crippen LogP contribution is -2.28. The minimum Gasteiger partial charge on any atom is -0.450 e. The van der Waals surface area contributed by atoms with Gasteiger partial charge >= 0.3 is 5.97 Å². The third-order valence-electron chi connectivity index (χ3n) is 5.10. The topological polar surface area (TPSA) is 152 Å². The molecule has 13 heteroatoms. The van der Waals surface area contributed by atoms with Crippen LogP contribution in [0.2, 0.25) is 0 Å². The predicted molar refractivity (Wildman–Crippen MR) is 115 cm³/mol. The standard InChI is InChI=1S/C20H23N3O8S2/c24-18(21-15-4-3-5-16(12-15)33(28,29)23-10-1-2-11-23)13-30-20(25)17-8-9-19(31-17)32(26,27)22-14-6-7-14/h3-5,8-9,12,14,22H,1-2,6-7,10-11,13H2,(H,21,24). The molecule has 1 saturated carbocycles. The Balaban J connectivity index is 1.33. The molecule has 2 fully saturated rings. The van der Waals surface area contributed by atoms with E-state index < -0.39 is 43.6 Å². The summed E-state index contributed by atoms with van der Waals surface area (Å²) in [6.07, 6.45) is 3.11. The van der Waals surface area contributed by atoms with Crippen molar-refractivity contribution < 1.29 is 35.6 Å². The maximum absolute atomic E-state index is 12.7. The molecule has 0 spiro atoms. The number of hydrogen-bond donors (Lipinski definition) is 2. The third-order valence-corrected chi connectivity index (χ3v) is 8.39. The quantitative estimate of drug-likeness (QED) is 0.492. The van der Waals surface area contributed by atoms with Gasteiger partial charge in [0.15, 0.2) is 6.61 Å². The van der Waals surface area contributed by atoms with Gasteiger partial charge in [0.1, 0.15) is 0 Å². The molecule has 2 N–H and O–H groups in total. The highest BCUT2D eigenvalue weighted by Gasteiger charge is 2.31. The Morgan fingerprint density at radius 3 is 2.48 bits per heavy atom. The largest absolute Gasteiger partial charge is 0.450 e. The maximum Gasteiger partial charge on any atom is 0.374 e. The minimum atomic E-state index is -3.86. The lowest BCUT2D eigenvalue weighted by Gasteiger charge is -2.16. The van der Waals surface area contributed by atoms with Crippen molar-refractivity contribution in [1.82, 2.24) is 9.03 Å². The second kappa shape index (κ2) is 9.25. The van der Waals surface area contributed by atoms with Gasteiger partial charge in [-0.25, -0.2) is 26.4 Å². The summed E-state index contributed by atoms with van der Waals surface area (Å²) < 4.78 is 63.3. The maximum atomic E-state index is 12.7. The summed E-state index contributed by atoms with van der Waals surface area (Å²) in [4.78, 5) is 24.3. The van der Waals surface area contributed by atoms with Crippen LogP contribution in [0.5, 0.6) is 0 Å². The number of amides is 1. The van der Waals surface area contributed by atoms with E-state index in [4.69, 9.17) is 9.15 Å². The number of rotatable bonds is 9. The van der Waals surface area contributed by atoms with E-state index in [1.165, 1.54) is 28.6 Å². The molecule has 0 radical (unpaired) electrons. The van der Waals surface area contributed by atoms with Crippen molar-refractivity contribution in [2.24, 2.45) is 0 Å². The smallest absolute Gasteiger partial charge is 0.374 e. The van der Waals surface area contributed by atoms with E-state index in [-0.39, 0.29) is 22.4 Å². The first-order valence-electron chi connectivity index (χ1n) is 10.3. The first kappa shape index (κ1) is 23.4. The summed E-state index contributed by atoms with van der Waals surface area (Å²) in [6.45, 7) is 0.244. The van der Waals surface area contributed by atoms with E-state index in [2.05, 4.69) is 10.0 Å². The van der Waals surface area contributed by atoms with Crippen LogP contribution in [0.3, 0.4) is 0 Å². The summed E-state index contributed by atoms with van der Waals surface area (Å²) in [5.41, 5.74) is 0.230. The van der Waals surface area contributed by atoms with Crippen LogP contribution in [0.15, 0.2) is 50.8 Å². The Kier molecular flexibility index (Phi) is 6.56. The molecule has 2 aliphatic rings. The number of furan rings is 1. The zero-order valence-electron chi connectivity index (χ0n) is 17.5. The van der Waals surface area contributed by atoms with E-state index in [1.807, 2.05) is 0 Å². The molecule has 178 valence electrons. The van der Waals surface area contributed by atoms with Crippen molar-refractivity contribution in [2.75, 3.05) is 25.0 Å². The number of carbonyl (C=O) groups excluding carboxylic acids is 2. The van der Waals surface area contributed by atoms with E-state index >= 15 is 0 Å². The molecule has 0 bridgehead atoms. The number of sulfonamides is 2. The number of carbonyl (C=O) groups is 2. The van der Waals surface area contributed by atoms with Crippen LogP contribution in [0, 0.1) is 0 Å². The van der Waals surface area contributed by atoms with Gasteiger partial charge in [-0.2, -0.15) is 4.31 Å². The fourth-order valence-electron chi connectivity index (χ4n) is 3.26. The molecule has 2 heterocycles. The van der Waals surface area contributed by atoms with Gasteiger partial charge in [0.25, 0.3) is 15.9 Å². The molecular weight excluding hydrogens is 474 g/mol. The molecule has 1 aromatic heterocycles. The van der Waals surface area contributed by atoms with Crippen LogP contribution in [0.4, 0.5) is 5.69 Å². The Labute approximate surface area is 191 Å². The second-order valence-corrected chi connectivity index (χ2v) is 11.4. The fraction of sp³-hybridized carbons (Fsp3) is 0.400. The van der Waals surface area contributed by atoms with Crippen molar-refractivity contribution >= 4 is 37.6 Å². The highest BCUT2D eigenvalue weighted by atomic mass is 32.2. The van der Waals surface area contributed by atoms with Crippen molar-refractivity contribution in [1.29, 1.82) is 0 Å². The zero-order chi connectivity index (χ0) is 23.6. The van der Waals surface area contributed by atoms with Gasteiger partial charge in [-0.05, 0) is 56.0 Å². The highest BCUT2D eigenvalue weighted by molar-refractivity contribution is 7.89. The van der Waals surface area contributed by atoms with Crippen LogP contribution in [-0.4, -0.2) is 58.8 Å². The molecule has 0 atom stereocenters. The number of ether oxygens (including phenoxy) is 1. The van der Waals surface area contributed by atoms with Gasteiger partial charge < -0.3 is 14.5 Å². The summed E-state index contributed by atoms with van der Waals surface area (Å²) in [6, 6.07) is 7.96. The average Bonchev–Trinajstić information content (AvgIpc) is 3.24. The molecule has 1 amide bonds. The van der Waals surface area contributed by atoms with Crippen LogP contribution in [0.25, 0.3) is 0 Å². The number of esters is 1. The number of hydrogen-bond acceptors (Lipinski definition) is 8. The summed E-state index contributed by atoms with van der Waals surface area (Å²) in [5, 5.41) is 2.06. The summed E-state index contributed by atoms with van der Waals surface area (Å²) in [5.74, 6) is -2.07. The second-order valence-electron chi connectivity index (χ2n) is 7.78. The van der Waals surface area contributed by atoms with E-state index in [0.717, 1.165) is 37.8 Å². The Hall–Kier alpha value is -2.74. The molecular formula is C20H23N3O8S2. The monoisotopic (exact) mass is 497 g/mol. The Morgan fingerprint density at radius 2 is 1.79 bits per heavy atom. The highest BCUT2D eigenvalue weighted by Crippen LogP contribution is 2.24. The molecule has 1 aliphatic heterocycles. The minimum absolute atomic E-state index is 0.0586. The molecule has 1 aromatic carbocycles. The first-order valence-corrected chi connectivity index (χ1v) is 13.3. The van der Waals surface area contributed by atoms with Gasteiger partial charge in [0.2, 0.25) is 20.9 Å². The van der Waals surface area contributed by atoms with Gasteiger partial charge in [-0.3, -0.25) is 4.79 Å². The van der Waals surface area contributed by atoms with Gasteiger partial charge in [0, 0.05) is 24.8 Å². The molecule has 1 aliphatic carbocycles. The first-order chi connectivity index (χ1) is 15.6. The molecule has 11 nitrogen and oxygen atoms in total. The third kappa shape index (κ3) is 5.61. The average molecular weight is 498 g/mol. The van der Waals surface area contributed by atoms with Crippen molar-refractivity contribution in [3.8, 4) is 0 Å². The van der Waals surface area contributed by atoms with Crippen molar-refractivity contribution in [2.45, 2.75) is 41.7 Å². The lowest BCUT2D eigenvalue weighted by molar-refractivity contribution is -0.119. The lowest BCUT2D eigenvalue weighted by atomic mass is 10.3. The molecule has 4 rings (SSSR count). The predicted octanol–water partition coefficient (Wildman–Crippen LogP) is 1.30. The van der Waals surface area contributed by atoms with E-state index in [9.17, 15) is 26.4 Å².